The molecule has 0 radical (unpaired) electrons. The van der Waals surface area contributed by atoms with E-state index in [1.807, 2.05) is 0 Å². The van der Waals surface area contributed by atoms with Crippen molar-refractivity contribution in [2.45, 2.75) is 47.9 Å². The lowest BCUT2D eigenvalue weighted by molar-refractivity contribution is -0.125. The first-order chi connectivity index (χ1) is 9.08. The minimum Gasteiger partial charge on any atom is -0.399 e. The zero-order valence-corrected chi connectivity index (χ0v) is 11.4. The molecule has 1 saturated carbocycles. The third-order valence-electron chi connectivity index (χ3n) is 4.02. The van der Waals surface area contributed by atoms with Crippen LogP contribution in [0.2, 0.25) is 0 Å². The molecule has 5 heteroatoms. The van der Waals surface area contributed by atoms with E-state index in [0.717, 1.165) is 25.7 Å². The van der Waals surface area contributed by atoms with E-state index in [4.69, 9.17) is 10.5 Å². The number of anilines is 1. The van der Waals surface area contributed by atoms with Crippen molar-refractivity contribution in [1.82, 2.24) is 0 Å². The summed E-state index contributed by atoms with van der Waals surface area (Å²) in [6.07, 6.45) is 5.09. The largest absolute Gasteiger partial charge is 0.399 e. The van der Waals surface area contributed by atoms with E-state index in [1.165, 1.54) is 30.3 Å². The molecular formula is C14H17F2NOS. The Morgan fingerprint density at radius 1 is 1.26 bits per heavy atom. The van der Waals surface area contributed by atoms with Gasteiger partial charge < -0.3 is 10.5 Å². The van der Waals surface area contributed by atoms with E-state index in [-0.39, 0.29) is 21.4 Å². The van der Waals surface area contributed by atoms with Gasteiger partial charge in [0.25, 0.3) is 0 Å². The zero-order valence-electron chi connectivity index (χ0n) is 10.6. The summed E-state index contributed by atoms with van der Waals surface area (Å²) in [5.41, 5.74) is 5.55. The summed E-state index contributed by atoms with van der Waals surface area (Å²) in [6, 6.07) is 2.37. The smallest absolute Gasteiger partial charge is 0.141 e. The van der Waals surface area contributed by atoms with Crippen molar-refractivity contribution in [2.75, 3.05) is 12.3 Å². The highest BCUT2D eigenvalue weighted by molar-refractivity contribution is 8.00. The van der Waals surface area contributed by atoms with Crippen molar-refractivity contribution >= 4 is 17.4 Å². The molecule has 1 aliphatic heterocycles. The SMILES string of the molecule is Nc1cc(F)c(SC2CCOC3(CCC3)C2)c(F)c1. The van der Waals surface area contributed by atoms with Crippen LogP contribution in [0.3, 0.4) is 0 Å². The number of rotatable bonds is 2. The summed E-state index contributed by atoms with van der Waals surface area (Å²) in [6.45, 7) is 0.690. The first-order valence-corrected chi connectivity index (χ1v) is 7.51. The van der Waals surface area contributed by atoms with Crippen LogP contribution in [-0.4, -0.2) is 17.5 Å². The molecule has 1 aliphatic carbocycles. The van der Waals surface area contributed by atoms with Crippen molar-refractivity contribution < 1.29 is 13.5 Å². The summed E-state index contributed by atoms with van der Waals surface area (Å²) < 4.78 is 33.4. The highest BCUT2D eigenvalue weighted by Gasteiger charge is 2.43. The van der Waals surface area contributed by atoms with Gasteiger partial charge >= 0.3 is 0 Å². The minimum atomic E-state index is -0.559. The quantitative estimate of drug-likeness (QED) is 0.841. The predicted octanol–water partition coefficient (Wildman–Crippen LogP) is 3.74. The second-order valence-corrected chi connectivity index (χ2v) is 6.74. The van der Waals surface area contributed by atoms with Crippen LogP contribution < -0.4 is 5.73 Å². The number of hydrogen-bond acceptors (Lipinski definition) is 3. The van der Waals surface area contributed by atoms with Crippen molar-refractivity contribution in [3.8, 4) is 0 Å². The van der Waals surface area contributed by atoms with Crippen LogP contribution in [0, 0.1) is 11.6 Å². The van der Waals surface area contributed by atoms with E-state index < -0.39 is 11.6 Å². The summed E-state index contributed by atoms with van der Waals surface area (Å²) in [5.74, 6) is -1.12. The second-order valence-electron chi connectivity index (χ2n) is 5.43. The third kappa shape index (κ3) is 2.58. The van der Waals surface area contributed by atoms with Crippen LogP contribution in [0.1, 0.15) is 32.1 Å². The fourth-order valence-electron chi connectivity index (χ4n) is 2.86. The Morgan fingerprint density at radius 2 is 1.95 bits per heavy atom. The summed E-state index contributed by atoms with van der Waals surface area (Å²) in [4.78, 5) is 0.0931. The second kappa shape index (κ2) is 4.94. The summed E-state index contributed by atoms with van der Waals surface area (Å²) in [5, 5.41) is 0.224. The van der Waals surface area contributed by atoms with Crippen LogP contribution >= 0.6 is 11.8 Å². The first kappa shape index (κ1) is 13.2. The number of thioether (sulfide) groups is 1. The van der Waals surface area contributed by atoms with Gasteiger partial charge in [0, 0.05) is 17.5 Å². The van der Waals surface area contributed by atoms with Gasteiger partial charge in [0.1, 0.15) is 11.6 Å². The number of halogens is 2. The number of nitrogen functional groups attached to an aromatic ring is 1. The van der Waals surface area contributed by atoms with Crippen molar-refractivity contribution in [3.63, 3.8) is 0 Å². The Morgan fingerprint density at radius 3 is 2.53 bits per heavy atom. The molecule has 1 spiro atoms. The van der Waals surface area contributed by atoms with Crippen molar-refractivity contribution in [1.29, 1.82) is 0 Å². The molecular weight excluding hydrogens is 268 g/mol. The average Bonchev–Trinajstić information content (AvgIpc) is 2.32. The van der Waals surface area contributed by atoms with Gasteiger partial charge in [-0.1, -0.05) is 0 Å². The van der Waals surface area contributed by atoms with Gasteiger partial charge in [-0.25, -0.2) is 8.78 Å². The molecule has 0 aromatic heterocycles. The number of hydrogen-bond donors (Lipinski definition) is 1. The maximum absolute atomic E-state index is 13.8. The molecule has 2 fully saturated rings. The van der Waals surface area contributed by atoms with E-state index in [0.29, 0.717) is 6.61 Å². The molecule has 1 aromatic carbocycles. The third-order valence-corrected chi connectivity index (χ3v) is 5.38. The zero-order chi connectivity index (χ0) is 13.5. The number of nitrogens with two attached hydrogens (primary N) is 1. The lowest BCUT2D eigenvalue weighted by atomic mass is 9.75. The molecule has 1 saturated heterocycles. The van der Waals surface area contributed by atoms with E-state index in [2.05, 4.69) is 0 Å². The molecule has 1 atom stereocenters. The van der Waals surface area contributed by atoms with Crippen molar-refractivity contribution in [3.05, 3.63) is 23.8 Å². The molecule has 1 heterocycles. The average molecular weight is 285 g/mol. The van der Waals surface area contributed by atoms with Crippen LogP contribution in [0.4, 0.5) is 14.5 Å². The van der Waals surface area contributed by atoms with Crippen LogP contribution in [0.15, 0.2) is 17.0 Å². The van der Waals surface area contributed by atoms with Gasteiger partial charge in [0.2, 0.25) is 0 Å². The first-order valence-electron chi connectivity index (χ1n) is 6.63. The molecule has 0 bridgehead atoms. The van der Waals surface area contributed by atoms with Gasteiger partial charge in [-0.3, -0.25) is 0 Å². The van der Waals surface area contributed by atoms with E-state index >= 15 is 0 Å². The lowest BCUT2D eigenvalue weighted by Crippen LogP contribution is -2.46. The summed E-state index contributed by atoms with van der Waals surface area (Å²) >= 11 is 1.29. The minimum absolute atomic E-state index is 0.00330. The molecule has 2 N–H and O–H groups in total. The normalized spacial score (nSPS) is 25.3. The monoisotopic (exact) mass is 285 g/mol. The van der Waals surface area contributed by atoms with Gasteiger partial charge in [-0.15, -0.1) is 11.8 Å². The van der Waals surface area contributed by atoms with Gasteiger partial charge in [-0.05, 0) is 44.2 Å². The molecule has 3 rings (SSSR count). The molecule has 19 heavy (non-hydrogen) atoms. The van der Waals surface area contributed by atoms with Crippen LogP contribution in [-0.2, 0) is 4.74 Å². The van der Waals surface area contributed by atoms with Gasteiger partial charge in [-0.2, -0.15) is 0 Å². The highest BCUT2D eigenvalue weighted by atomic mass is 32.2. The Bertz CT molecular complexity index is 467. The van der Waals surface area contributed by atoms with Gasteiger partial charge in [0.05, 0.1) is 10.5 Å². The Labute approximate surface area is 115 Å². The maximum atomic E-state index is 13.8. The number of benzene rings is 1. The molecule has 1 aromatic rings. The topological polar surface area (TPSA) is 35.2 Å². The van der Waals surface area contributed by atoms with E-state index in [9.17, 15) is 8.78 Å². The van der Waals surface area contributed by atoms with Crippen molar-refractivity contribution in [2.24, 2.45) is 0 Å². The molecule has 1 unspecified atom stereocenters. The Hall–Kier alpha value is -0.810. The number of ether oxygens (including phenoxy) is 1. The lowest BCUT2D eigenvalue weighted by Gasteiger charge is -2.47. The van der Waals surface area contributed by atoms with Gasteiger partial charge in [0.15, 0.2) is 0 Å². The standard InChI is InChI=1S/C14H17F2NOS/c15-11-6-9(17)7-12(16)13(11)19-10-2-5-18-14(8-10)3-1-4-14/h6-7,10H,1-5,8,17H2. The fraction of sp³-hybridized carbons (Fsp3) is 0.571. The fourth-order valence-corrected chi connectivity index (χ4v) is 4.14. The van der Waals surface area contributed by atoms with Crippen LogP contribution in [0.5, 0.6) is 0 Å². The summed E-state index contributed by atoms with van der Waals surface area (Å²) in [7, 11) is 0. The Kier molecular flexibility index (Phi) is 3.43. The van der Waals surface area contributed by atoms with Crippen LogP contribution in [0.25, 0.3) is 0 Å². The highest BCUT2D eigenvalue weighted by Crippen LogP contribution is 2.46. The molecule has 2 aliphatic rings. The molecule has 0 amide bonds. The maximum Gasteiger partial charge on any atom is 0.141 e. The van der Waals surface area contributed by atoms with E-state index in [1.54, 1.807) is 0 Å². The Balaban J connectivity index is 1.74. The predicted molar refractivity (Wildman–Crippen MR) is 72.2 cm³/mol. The molecule has 104 valence electrons. The molecule has 2 nitrogen and oxygen atoms in total.